The summed E-state index contributed by atoms with van der Waals surface area (Å²) in [6.07, 6.45) is 3.72. The van der Waals surface area contributed by atoms with E-state index >= 15 is 0 Å². The zero-order valence-electron chi connectivity index (χ0n) is 16.3. The normalized spacial score (nSPS) is 24.0. The molecule has 1 saturated heterocycles. The molecule has 2 fully saturated rings. The third-order valence-corrected chi connectivity index (χ3v) is 6.56. The molecule has 152 valence electrons. The van der Waals surface area contributed by atoms with Gasteiger partial charge in [0.2, 0.25) is 5.91 Å². The van der Waals surface area contributed by atoms with E-state index in [-0.39, 0.29) is 12.3 Å². The second kappa shape index (κ2) is 7.94. The van der Waals surface area contributed by atoms with Gasteiger partial charge in [-0.3, -0.25) is 15.0 Å². The van der Waals surface area contributed by atoms with Crippen LogP contribution < -0.4 is 10.7 Å². The molecule has 1 aliphatic carbocycles. The molecular weight excluding hydrogens is 388 g/mol. The van der Waals surface area contributed by atoms with Gasteiger partial charge in [0.1, 0.15) is 5.54 Å². The minimum absolute atomic E-state index is 0.0202. The molecule has 0 bridgehead atoms. The molecule has 1 saturated carbocycles. The number of urea groups is 1. The summed E-state index contributed by atoms with van der Waals surface area (Å²) in [6, 6.07) is 9.44. The molecule has 4 rings (SSSR count). The Bertz CT molecular complexity index is 919. The van der Waals surface area contributed by atoms with E-state index in [2.05, 4.69) is 22.7 Å². The average molecular weight is 413 g/mol. The SMILES string of the molecule is CC1CCC2(CC1)NC(=O)N(NC(=O)Cc1csc(Cc3ccccc3)n1)C2=O. The average Bonchev–Trinajstić information content (AvgIpc) is 3.23. The lowest BCUT2D eigenvalue weighted by molar-refractivity contribution is -0.139. The van der Waals surface area contributed by atoms with Gasteiger partial charge in [0.25, 0.3) is 5.91 Å². The number of amides is 4. The quantitative estimate of drug-likeness (QED) is 0.739. The Morgan fingerprint density at radius 2 is 2.00 bits per heavy atom. The molecule has 0 radical (unpaired) electrons. The minimum atomic E-state index is -0.861. The highest BCUT2D eigenvalue weighted by Gasteiger charge is 2.52. The van der Waals surface area contributed by atoms with Crippen LogP contribution in [0.3, 0.4) is 0 Å². The van der Waals surface area contributed by atoms with Crippen LogP contribution in [0.1, 0.15) is 48.9 Å². The lowest BCUT2D eigenvalue weighted by Crippen LogP contribution is -2.51. The molecule has 1 aliphatic heterocycles. The molecule has 8 heteroatoms. The van der Waals surface area contributed by atoms with Crippen LogP contribution in [0.25, 0.3) is 0 Å². The molecule has 29 heavy (non-hydrogen) atoms. The van der Waals surface area contributed by atoms with E-state index < -0.39 is 17.5 Å². The Kier molecular flexibility index (Phi) is 5.36. The Labute approximate surface area is 173 Å². The number of thiazole rings is 1. The molecular formula is C21H24N4O3S. The molecule has 2 heterocycles. The summed E-state index contributed by atoms with van der Waals surface area (Å²) < 4.78 is 0. The molecule has 1 aromatic heterocycles. The Morgan fingerprint density at radius 1 is 1.28 bits per heavy atom. The van der Waals surface area contributed by atoms with E-state index in [1.165, 1.54) is 11.3 Å². The summed E-state index contributed by atoms with van der Waals surface area (Å²) >= 11 is 1.50. The maximum Gasteiger partial charge on any atom is 0.344 e. The van der Waals surface area contributed by atoms with Gasteiger partial charge < -0.3 is 5.32 Å². The molecule has 1 aromatic carbocycles. The van der Waals surface area contributed by atoms with Gasteiger partial charge in [0, 0.05) is 11.8 Å². The number of carbonyl (C=O) groups is 3. The fourth-order valence-electron chi connectivity index (χ4n) is 3.93. The summed E-state index contributed by atoms with van der Waals surface area (Å²) in [5, 5.41) is 6.40. The molecule has 2 N–H and O–H groups in total. The van der Waals surface area contributed by atoms with Crippen LogP contribution in [0.15, 0.2) is 35.7 Å². The van der Waals surface area contributed by atoms with Crippen molar-refractivity contribution in [2.24, 2.45) is 5.92 Å². The second-order valence-corrected chi connectivity index (χ2v) is 8.88. The number of nitrogens with zero attached hydrogens (tertiary/aromatic N) is 2. The van der Waals surface area contributed by atoms with Gasteiger partial charge in [-0.15, -0.1) is 11.3 Å². The Balaban J connectivity index is 1.35. The maximum atomic E-state index is 12.8. The summed E-state index contributed by atoms with van der Waals surface area (Å²) in [5.74, 6) is -0.235. The number of hydrazine groups is 1. The first-order valence-corrected chi connectivity index (χ1v) is 10.8. The van der Waals surface area contributed by atoms with Crippen molar-refractivity contribution in [3.63, 3.8) is 0 Å². The molecule has 1 spiro atoms. The minimum Gasteiger partial charge on any atom is -0.322 e. The summed E-state index contributed by atoms with van der Waals surface area (Å²) in [6.45, 7) is 2.15. The van der Waals surface area contributed by atoms with Crippen molar-refractivity contribution in [2.45, 2.75) is 51.0 Å². The van der Waals surface area contributed by atoms with E-state index in [1.807, 2.05) is 35.7 Å². The predicted octanol–water partition coefficient (Wildman–Crippen LogP) is 2.81. The molecule has 0 unspecified atom stereocenters. The van der Waals surface area contributed by atoms with E-state index in [4.69, 9.17) is 0 Å². The van der Waals surface area contributed by atoms with Gasteiger partial charge in [-0.1, -0.05) is 37.3 Å². The van der Waals surface area contributed by atoms with Crippen molar-refractivity contribution in [3.05, 3.63) is 52.0 Å². The molecule has 7 nitrogen and oxygen atoms in total. The van der Waals surface area contributed by atoms with Gasteiger partial charge in [-0.05, 0) is 37.2 Å². The number of carbonyl (C=O) groups excluding carboxylic acids is 3. The summed E-state index contributed by atoms with van der Waals surface area (Å²) in [4.78, 5) is 42.0. The van der Waals surface area contributed by atoms with Gasteiger partial charge in [0.05, 0.1) is 17.1 Å². The van der Waals surface area contributed by atoms with E-state index in [0.717, 1.165) is 28.4 Å². The number of nitrogens with one attached hydrogen (secondary N) is 2. The second-order valence-electron chi connectivity index (χ2n) is 7.94. The fraction of sp³-hybridized carbons (Fsp3) is 0.429. The first-order valence-electron chi connectivity index (χ1n) is 9.88. The molecule has 2 aliphatic rings. The lowest BCUT2D eigenvalue weighted by Gasteiger charge is -2.33. The van der Waals surface area contributed by atoms with Gasteiger partial charge >= 0.3 is 6.03 Å². The van der Waals surface area contributed by atoms with Crippen LogP contribution in [0.2, 0.25) is 0 Å². The summed E-state index contributed by atoms with van der Waals surface area (Å²) in [5.41, 5.74) is 3.39. The zero-order valence-corrected chi connectivity index (χ0v) is 17.1. The van der Waals surface area contributed by atoms with Crippen LogP contribution in [-0.4, -0.2) is 33.4 Å². The monoisotopic (exact) mass is 412 g/mol. The first kappa shape index (κ1) is 19.6. The summed E-state index contributed by atoms with van der Waals surface area (Å²) in [7, 11) is 0. The van der Waals surface area contributed by atoms with Crippen molar-refractivity contribution in [1.82, 2.24) is 20.7 Å². The largest absolute Gasteiger partial charge is 0.344 e. The number of aromatic nitrogens is 1. The van der Waals surface area contributed by atoms with Crippen LogP contribution >= 0.6 is 11.3 Å². The van der Waals surface area contributed by atoms with Crippen molar-refractivity contribution in [1.29, 1.82) is 0 Å². The molecule has 4 amide bonds. The molecule has 0 atom stereocenters. The smallest absolute Gasteiger partial charge is 0.322 e. The van der Waals surface area contributed by atoms with Crippen molar-refractivity contribution < 1.29 is 14.4 Å². The third-order valence-electron chi connectivity index (χ3n) is 5.67. The fourth-order valence-corrected chi connectivity index (χ4v) is 4.75. The van der Waals surface area contributed by atoms with Crippen LogP contribution in [0.5, 0.6) is 0 Å². The topological polar surface area (TPSA) is 91.4 Å². The number of hydrogen-bond acceptors (Lipinski definition) is 5. The lowest BCUT2D eigenvalue weighted by atomic mass is 9.77. The van der Waals surface area contributed by atoms with E-state index in [0.29, 0.717) is 30.9 Å². The Morgan fingerprint density at radius 3 is 2.72 bits per heavy atom. The van der Waals surface area contributed by atoms with Crippen molar-refractivity contribution in [2.75, 3.05) is 0 Å². The van der Waals surface area contributed by atoms with E-state index in [1.54, 1.807) is 0 Å². The highest BCUT2D eigenvalue weighted by Crippen LogP contribution is 2.35. The van der Waals surface area contributed by atoms with Gasteiger partial charge in [-0.2, -0.15) is 5.01 Å². The van der Waals surface area contributed by atoms with Gasteiger partial charge in [0.15, 0.2) is 0 Å². The number of imide groups is 1. The number of hydrogen-bond donors (Lipinski definition) is 2. The highest BCUT2D eigenvalue weighted by molar-refractivity contribution is 7.09. The predicted molar refractivity (Wildman–Crippen MR) is 109 cm³/mol. The van der Waals surface area contributed by atoms with Crippen LogP contribution in [0, 0.1) is 5.92 Å². The van der Waals surface area contributed by atoms with Crippen LogP contribution in [-0.2, 0) is 22.4 Å². The Hall–Kier alpha value is -2.74. The van der Waals surface area contributed by atoms with E-state index in [9.17, 15) is 14.4 Å². The molecule has 2 aromatic rings. The zero-order chi connectivity index (χ0) is 20.4. The van der Waals surface area contributed by atoms with Gasteiger partial charge in [-0.25, -0.2) is 9.78 Å². The first-order chi connectivity index (χ1) is 13.9. The maximum absolute atomic E-state index is 12.8. The third kappa shape index (κ3) is 4.17. The number of benzene rings is 1. The van der Waals surface area contributed by atoms with Crippen LogP contribution in [0.4, 0.5) is 4.79 Å². The number of rotatable bonds is 5. The highest BCUT2D eigenvalue weighted by atomic mass is 32.1. The van der Waals surface area contributed by atoms with Crippen molar-refractivity contribution in [3.8, 4) is 0 Å². The standard InChI is InChI=1S/C21H24N4O3S/c1-14-7-9-21(10-8-14)19(27)25(20(28)23-21)24-17(26)12-16-13-29-18(22-16)11-15-5-3-2-4-6-15/h2-6,13-14H,7-12H2,1H3,(H,23,28)(H,24,26). The van der Waals surface area contributed by atoms with Crippen molar-refractivity contribution >= 4 is 29.2 Å².